The Labute approximate surface area is 146 Å². The number of hydrogen-bond acceptors (Lipinski definition) is 5. The number of alkyl halides is 3. The number of furan rings is 1. The lowest BCUT2D eigenvalue weighted by Gasteiger charge is -2.13. The highest BCUT2D eigenvalue weighted by molar-refractivity contribution is 5.96. The molecule has 1 aromatic carbocycles. The Morgan fingerprint density at radius 2 is 1.81 bits per heavy atom. The van der Waals surface area contributed by atoms with E-state index in [0.29, 0.717) is 5.76 Å². The van der Waals surface area contributed by atoms with Gasteiger partial charge in [-0.3, -0.25) is 4.79 Å². The minimum absolute atomic E-state index is 0.0915. The van der Waals surface area contributed by atoms with E-state index in [4.69, 9.17) is 13.9 Å². The number of methoxy groups -OCH3 is 1. The third-order valence-corrected chi connectivity index (χ3v) is 3.28. The normalized spacial score (nSPS) is 12.5. The molecule has 1 atom stereocenters. The van der Waals surface area contributed by atoms with E-state index in [1.54, 1.807) is 0 Å². The van der Waals surface area contributed by atoms with Crippen LogP contribution in [0.25, 0.3) is 0 Å². The molecule has 1 heterocycles. The van der Waals surface area contributed by atoms with Gasteiger partial charge in [-0.15, -0.1) is 0 Å². The molecule has 0 saturated carbocycles. The lowest BCUT2D eigenvalue weighted by Crippen LogP contribution is -2.29. The van der Waals surface area contributed by atoms with Crippen LogP contribution in [0.2, 0.25) is 0 Å². The number of hydrogen-bond donors (Lipinski definition) is 1. The Balaban J connectivity index is 1.93. The van der Waals surface area contributed by atoms with Gasteiger partial charge in [0.05, 0.1) is 5.56 Å². The molecular weight excluding hydrogens is 355 g/mol. The molecule has 0 radical (unpaired) electrons. The summed E-state index contributed by atoms with van der Waals surface area (Å²) in [7, 11) is 1.47. The monoisotopic (exact) mass is 371 g/mol. The molecule has 0 aliphatic heterocycles. The van der Waals surface area contributed by atoms with E-state index < -0.39 is 29.7 Å². The molecule has 6 nitrogen and oxygen atoms in total. The molecule has 2 aromatic rings. The number of anilines is 1. The summed E-state index contributed by atoms with van der Waals surface area (Å²) in [5.41, 5.74) is -0.689. The van der Waals surface area contributed by atoms with Crippen LogP contribution in [0.15, 0.2) is 40.8 Å². The van der Waals surface area contributed by atoms with Gasteiger partial charge >= 0.3 is 12.1 Å². The van der Waals surface area contributed by atoms with Crippen molar-refractivity contribution in [1.82, 2.24) is 0 Å². The number of rotatable bonds is 6. The summed E-state index contributed by atoms with van der Waals surface area (Å²) in [4.78, 5) is 23.9. The fourth-order valence-electron chi connectivity index (χ4n) is 1.97. The van der Waals surface area contributed by atoms with E-state index in [0.717, 1.165) is 24.3 Å². The number of carbonyl (C=O) groups is 2. The molecule has 0 spiro atoms. The third kappa shape index (κ3) is 5.09. The fraction of sp³-hybridized carbons (Fsp3) is 0.294. The minimum Gasteiger partial charge on any atom is -0.452 e. The van der Waals surface area contributed by atoms with Crippen LogP contribution in [0.1, 0.15) is 28.8 Å². The van der Waals surface area contributed by atoms with Crippen molar-refractivity contribution in [3.63, 3.8) is 0 Å². The second-order valence-corrected chi connectivity index (χ2v) is 5.31. The van der Waals surface area contributed by atoms with Crippen molar-refractivity contribution < 1.29 is 36.7 Å². The highest BCUT2D eigenvalue weighted by Gasteiger charge is 2.30. The first kappa shape index (κ1) is 19.5. The Kier molecular flexibility index (Phi) is 6.04. The van der Waals surface area contributed by atoms with Crippen molar-refractivity contribution in [2.75, 3.05) is 12.4 Å². The van der Waals surface area contributed by atoms with Gasteiger partial charge in [-0.2, -0.15) is 13.2 Å². The number of halogens is 3. The average Bonchev–Trinajstić information content (AvgIpc) is 3.03. The summed E-state index contributed by atoms with van der Waals surface area (Å²) in [6.07, 6.45) is -5.64. The Hall–Kier alpha value is -2.81. The van der Waals surface area contributed by atoms with E-state index in [-0.39, 0.29) is 18.1 Å². The largest absolute Gasteiger partial charge is 0.452 e. The topological polar surface area (TPSA) is 77.8 Å². The summed E-state index contributed by atoms with van der Waals surface area (Å²) >= 11 is 0. The predicted molar refractivity (Wildman–Crippen MR) is 84.4 cm³/mol. The van der Waals surface area contributed by atoms with E-state index in [2.05, 4.69) is 5.32 Å². The van der Waals surface area contributed by atoms with E-state index >= 15 is 0 Å². The summed E-state index contributed by atoms with van der Waals surface area (Å²) in [6.45, 7) is 1.51. The van der Waals surface area contributed by atoms with Crippen LogP contribution in [0.4, 0.5) is 18.9 Å². The van der Waals surface area contributed by atoms with Crippen LogP contribution >= 0.6 is 0 Å². The summed E-state index contributed by atoms with van der Waals surface area (Å²) in [5, 5.41) is 2.37. The lowest BCUT2D eigenvalue weighted by atomic mass is 10.2. The van der Waals surface area contributed by atoms with Crippen LogP contribution in [0.5, 0.6) is 0 Å². The molecular formula is C17H16F3NO5. The Bertz CT molecular complexity index is 767. The van der Waals surface area contributed by atoms with Crippen molar-refractivity contribution in [3.8, 4) is 0 Å². The second-order valence-electron chi connectivity index (χ2n) is 5.31. The molecule has 2 rings (SSSR count). The SMILES string of the molecule is COCc1ccc(C(=O)OC(C)C(=O)Nc2ccc(C(F)(F)F)cc2)o1. The van der Waals surface area contributed by atoms with Gasteiger partial charge in [0, 0.05) is 12.8 Å². The van der Waals surface area contributed by atoms with Crippen molar-refractivity contribution in [3.05, 3.63) is 53.5 Å². The van der Waals surface area contributed by atoms with Crippen molar-refractivity contribution >= 4 is 17.6 Å². The molecule has 140 valence electrons. The number of ether oxygens (including phenoxy) is 2. The molecule has 0 bridgehead atoms. The van der Waals surface area contributed by atoms with Gasteiger partial charge in [0.1, 0.15) is 12.4 Å². The maximum Gasteiger partial charge on any atom is 0.416 e. The van der Waals surface area contributed by atoms with E-state index in [9.17, 15) is 22.8 Å². The van der Waals surface area contributed by atoms with E-state index in [1.165, 1.54) is 26.2 Å². The molecule has 0 aliphatic carbocycles. The molecule has 1 N–H and O–H groups in total. The van der Waals surface area contributed by atoms with Crippen LogP contribution in [-0.4, -0.2) is 25.1 Å². The molecule has 1 amide bonds. The molecule has 0 saturated heterocycles. The molecule has 1 unspecified atom stereocenters. The average molecular weight is 371 g/mol. The van der Waals surface area contributed by atoms with Gasteiger partial charge in [-0.25, -0.2) is 4.79 Å². The summed E-state index contributed by atoms with van der Waals surface area (Å²) < 4.78 is 52.5. The zero-order valence-corrected chi connectivity index (χ0v) is 13.9. The number of benzene rings is 1. The lowest BCUT2D eigenvalue weighted by molar-refractivity contribution is -0.137. The zero-order valence-electron chi connectivity index (χ0n) is 13.9. The smallest absolute Gasteiger partial charge is 0.416 e. The van der Waals surface area contributed by atoms with Gasteiger partial charge in [-0.1, -0.05) is 0 Å². The number of amides is 1. The van der Waals surface area contributed by atoms with Gasteiger partial charge in [0.15, 0.2) is 6.10 Å². The maximum absolute atomic E-state index is 12.5. The van der Waals surface area contributed by atoms with Gasteiger partial charge in [0.25, 0.3) is 5.91 Å². The van der Waals surface area contributed by atoms with E-state index in [1.807, 2.05) is 0 Å². The fourth-order valence-corrected chi connectivity index (χ4v) is 1.97. The van der Waals surface area contributed by atoms with Crippen LogP contribution in [-0.2, 0) is 27.1 Å². The zero-order chi connectivity index (χ0) is 19.3. The minimum atomic E-state index is -4.46. The van der Waals surface area contributed by atoms with Crippen LogP contribution in [0, 0.1) is 0 Å². The standard InChI is InChI=1S/C17H16F3NO5/c1-10(25-16(23)14-8-7-13(26-14)9-24-2)15(22)21-12-5-3-11(4-6-12)17(18,19)20/h3-8,10H,9H2,1-2H3,(H,21,22). The van der Waals surface area contributed by atoms with Gasteiger partial charge in [0.2, 0.25) is 5.76 Å². The highest BCUT2D eigenvalue weighted by Crippen LogP contribution is 2.29. The maximum atomic E-state index is 12.5. The van der Waals surface area contributed by atoms with Gasteiger partial charge < -0.3 is 19.2 Å². The summed E-state index contributed by atoms with van der Waals surface area (Å²) in [5.74, 6) is -1.21. The Morgan fingerprint density at radius 1 is 1.15 bits per heavy atom. The van der Waals surface area contributed by atoms with Crippen molar-refractivity contribution in [2.45, 2.75) is 25.8 Å². The highest BCUT2D eigenvalue weighted by atomic mass is 19.4. The molecule has 1 aromatic heterocycles. The first-order chi connectivity index (χ1) is 12.2. The molecule has 0 fully saturated rings. The number of nitrogens with one attached hydrogen (secondary N) is 1. The van der Waals surface area contributed by atoms with Gasteiger partial charge in [-0.05, 0) is 43.3 Å². The van der Waals surface area contributed by atoms with Crippen LogP contribution in [0.3, 0.4) is 0 Å². The quantitative estimate of drug-likeness (QED) is 0.785. The van der Waals surface area contributed by atoms with Crippen molar-refractivity contribution in [1.29, 1.82) is 0 Å². The van der Waals surface area contributed by atoms with Crippen LogP contribution < -0.4 is 5.32 Å². The second kappa shape index (κ2) is 8.05. The number of carbonyl (C=O) groups excluding carboxylic acids is 2. The molecule has 26 heavy (non-hydrogen) atoms. The third-order valence-electron chi connectivity index (χ3n) is 3.28. The predicted octanol–water partition coefficient (Wildman–Crippen LogP) is 3.63. The number of esters is 1. The Morgan fingerprint density at radius 3 is 2.38 bits per heavy atom. The summed E-state index contributed by atoms with van der Waals surface area (Å²) in [6, 6.07) is 6.82. The molecule has 9 heteroatoms. The van der Waals surface area contributed by atoms with Crippen molar-refractivity contribution in [2.24, 2.45) is 0 Å². The molecule has 0 aliphatic rings. The first-order valence-electron chi connectivity index (χ1n) is 7.47. The first-order valence-corrected chi connectivity index (χ1v) is 7.47.